The van der Waals surface area contributed by atoms with E-state index in [0.717, 1.165) is 41.2 Å². The van der Waals surface area contributed by atoms with Gasteiger partial charge in [-0.3, -0.25) is 24.3 Å². The van der Waals surface area contributed by atoms with Crippen LogP contribution in [0.3, 0.4) is 0 Å². The fourth-order valence-corrected chi connectivity index (χ4v) is 4.93. The maximum Gasteiger partial charge on any atom is 0.257 e. The highest BCUT2D eigenvalue weighted by atomic mass is 35.5. The summed E-state index contributed by atoms with van der Waals surface area (Å²) in [6.45, 7) is 3.54. The number of aromatic amines is 1. The normalized spacial score (nSPS) is 16.9. The third-order valence-corrected chi connectivity index (χ3v) is 6.67. The lowest BCUT2D eigenvalue weighted by atomic mass is 9.95. The van der Waals surface area contributed by atoms with Crippen LogP contribution in [-0.4, -0.2) is 74.8 Å². The van der Waals surface area contributed by atoms with Crippen molar-refractivity contribution < 1.29 is 9.59 Å². The molecule has 0 atom stereocenters. The first-order chi connectivity index (χ1) is 15.9. The van der Waals surface area contributed by atoms with Crippen molar-refractivity contribution in [3.63, 3.8) is 0 Å². The van der Waals surface area contributed by atoms with E-state index in [-0.39, 0.29) is 11.8 Å². The van der Waals surface area contributed by atoms with Crippen molar-refractivity contribution in [2.75, 3.05) is 38.1 Å². The number of nitrogens with zero attached hydrogens (tertiary/aromatic N) is 6. The minimum absolute atomic E-state index is 0.0185. The van der Waals surface area contributed by atoms with Crippen LogP contribution in [0.1, 0.15) is 27.9 Å². The van der Waals surface area contributed by atoms with Crippen LogP contribution < -0.4 is 4.90 Å². The summed E-state index contributed by atoms with van der Waals surface area (Å²) in [4.78, 5) is 31.0. The Labute approximate surface area is 196 Å². The summed E-state index contributed by atoms with van der Waals surface area (Å²) in [6, 6.07) is 3.83. The molecule has 0 radical (unpaired) electrons. The smallest absolute Gasteiger partial charge is 0.257 e. The quantitative estimate of drug-likeness (QED) is 0.636. The Morgan fingerprint density at radius 3 is 2.67 bits per heavy atom. The van der Waals surface area contributed by atoms with E-state index in [9.17, 15) is 9.59 Å². The molecule has 0 aliphatic carbocycles. The molecule has 33 heavy (non-hydrogen) atoms. The van der Waals surface area contributed by atoms with E-state index in [1.165, 1.54) is 0 Å². The first-order valence-electron chi connectivity index (χ1n) is 11.0. The van der Waals surface area contributed by atoms with Gasteiger partial charge in [-0.2, -0.15) is 10.2 Å². The number of fused-ring (bicyclic) bond motifs is 1. The van der Waals surface area contributed by atoms with Gasteiger partial charge in [-0.15, -0.1) is 0 Å². The number of halogens is 1. The van der Waals surface area contributed by atoms with Crippen molar-refractivity contribution in [3.8, 4) is 11.3 Å². The Morgan fingerprint density at radius 2 is 1.94 bits per heavy atom. The Hall–Kier alpha value is -3.17. The molecule has 0 spiro atoms. The van der Waals surface area contributed by atoms with Gasteiger partial charge in [0.05, 0.1) is 23.1 Å². The molecule has 5 rings (SSSR count). The Kier molecular flexibility index (Phi) is 5.67. The summed E-state index contributed by atoms with van der Waals surface area (Å²) >= 11 is 6.43. The summed E-state index contributed by atoms with van der Waals surface area (Å²) in [6.07, 6.45) is 6.43. The Balaban J connectivity index is 1.33. The zero-order valence-electron chi connectivity index (χ0n) is 18.7. The molecular formula is C23H26ClN7O2. The second-order valence-electron chi connectivity index (χ2n) is 8.64. The zero-order valence-corrected chi connectivity index (χ0v) is 19.5. The number of anilines is 1. The van der Waals surface area contributed by atoms with Crippen LogP contribution in [0, 0.1) is 0 Å². The maximum atomic E-state index is 12.7. The van der Waals surface area contributed by atoms with Gasteiger partial charge in [-0.1, -0.05) is 11.6 Å². The summed E-state index contributed by atoms with van der Waals surface area (Å²) in [5.74, 6) is 0.113. The van der Waals surface area contributed by atoms with Gasteiger partial charge >= 0.3 is 0 Å². The van der Waals surface area contributed by atoms with E-state index in [0.29, 0.717) is 43.1 Å². The van der Waals surface area contributed by atoms with Gasteiger partial charge in [0.25, 0.3) is 5.91 Å². The molecule has 2 aliphatic heterocycles. The number of H-pyrrole nitrogens is 1. The maximum absolute atomic E-state index is 12.7. The molecule has 1 N–H and O–H groups in total. The predicted octanol–water partition coefficient (Wildman–Crippen LogP) is 2.33. The second kappa shape index (κ2) is 8.64. The highest BCUT2D eigenvalue weighted by Crippen LogP contribution is 2.40. The van der Waals surface area contributed by atoms with Crippen molar-refractivity contribution in [2.45, 2.75) is 19.4 Å². The van der Waals surface area contributed by atoms with E-state index in [1.807, 2.05) is 37.3 Å². The molecule has 1 aromatic carbocycles. The molecular weight excluding hydrogens is 442 g/mol. The molecule has 1 saturated heterocycles. The number of rotatable bonds is 4. The first-order valence-corrected chi connectivity index (χ1v) is 11.4. The lowest BCUT2D eigenvalue weighted by Crippen LogP contribution is -2.48. The molecule has 0 saturated carbocycles. The van der Waals surface area contributed by atoms with Crippen molar-refractivity contribution >= 4 is 29.1 Å². The van der Waals surface area contributed by atoms with Gasteiger partial charge in [-0.05, 0) is 24.1 Å². The molecule has 1 fully saturated rings. The highest BCUT2D eigenvalue weighted by Gasteiger charge is 2.28. The molecule has 9 nitrogen and oxygen atoms in total. The molecule has 4 heterocycles. The zero-order chi connectivity index (χ0) is 23.1. The number of piperazine rings is 1. The standard InChI is InChI=1S/C23H26ClN7O2/c1-28-13-17(12-26-28)23(33)31-7-5-30(6-8-31)14-16-11-25-27-21(16)19-10-18(24)9-15-3-4-20(32)29(2)22(15)19/h9-13H,3-8,14H2,1-2H3,(H,25,27). The van der Waals surface area contributed by atoms with Gasteiger partial charge in [0, 0.05) is 81.8 Å². The van der Waals surface area contributed by atoms with Crippen LogP contribution in [0.25, 0.3) is 11.3 Å². The number of aromatic nitrogens is 4. The lowest BCUT2D eigenvalue weighted by Gasteiger charge is -2.34. The van der Waals surface area contributed by atoms with Gasteiger partial charge in [0.2, 0.25) is 5.91 Å². The monoisotopic (exact) mass is 467 g/mol. The third-order valence-electron chi connectivity index (χ3n) is 6.45. The largest absolute Gasteiger partial charge is 0.336 e. The van der Waals surface area contributed by atoms with Crippen molar-refractivity contribution in [1.82, 2.24) is 29.8 Å². The van der Waals surface area contributed by atoms with Crippen LogP contribution in [0.4, 0.5) is 5.69 Å². The number of hydrogen-bond acceptors (Lipinski definition) is 5. The molecule has 0 unspecified atom stereocenters. The van der Waals surface area contributed by atoms with Crippen molar-refractivity contribution in [2.24, 2.45) is 7.05 Å². The van der Waals surface area contributed by atoms with Gasteiger partial charge in [-0.25, -0.2) is 0 Å². The molecule has 2 aromatic heterocycles. The predicted molar refractivity (Wildman–Crippen MR) is 125 cm³/mol. The third kappa shape index (κ3) is 4.14. The average molecular weight is 468 g/mol. The molecule has 10 heteroatoms. The summed E-state index contributed by atoms with van der Waals surface area (Å²) in [5.41, 5.74) is 5.29. The van der Waals surface area contributed by atoms with Crippen LogP contribution in [0.15, 0.2) is 30.7 Å². The van der Waals surface area contributed by atoms with E-state index < -0.39 is 0 Å². The van der Waals surface area contributed by atoms with E-state index in [1.54, 1.807) is 22.0 Å². The number of benzene rings is 1. The number of nitrogens with one attached hydrogen (secondary N) is 1. The van der Waals surface area contributed by atoms with E-state index >= 15 is 0 Å². The first kappa shape index (κ1) is 21.7. The Bertz CT molecular complexity index is 1210. The number of carbonyl (C=O) groups is 2. The van der Waals surface area contributed by atoms with Crippen LogP contribution in [0.5, 0.6) is 0 Å². The molecule has 2 amide bonds. The Morgan fingerprint density at radius 1 is 1.15 bits per heavy atom. The second-order valence-corrected chi connectivity index (χ2v) is 9.08. The van der Waals surface area contributed by atoms with Gasteiger partial charge in [0.15, 0.2) is 0 Å². The van der Waals surface area contributed by atoms with Gasteiger partial charge in [0.1, 0.15) is 0 Å². The topological polar surface area (TPSA) is 90.4 Å². The minimum atomic E-state index is 0.0185. The summed E-state index contributed by atoms with van der Waals surface area (Å²) in [7, 11) is 3.62. The van der Waals surface area contributed by atoms with Crippen LogP contribution in [-0.2, 0) is 24.8 Å². The van der Waals surface area contributed by atoms with E-state index in [2.05, 4.69) is 20.2 Å². The fraction of sp³-hybridized carbons (Fsp3) is 0.391. The highest BCUT2D eigenvalue weighted by molar-refractivity contribution is 6.31. The fourth-order valence-electron chi connectivity index (χ4n) is 4.69. The SMILES string of the molecule is CN1C(=O)CCc2cc(Cl)cc(-c3n[nH]cc3CN3CCN(C(=O)c4cnn(C)c4)CC3)c21. The summed E-state index contributed by atoms with van der Waals surface area (Å²) < 4.78 is 1.64. The molecule has 3 aromatic rings. The number of carbonyl (C=O) groups excluding carboxylic acids is 2. The van der Waals surface area contributed by atoms with Gasteiger partial charge < -0.3 is 9.80 Å². The van der Waals surface area contributed by atoms with E-state index in [4.69, 9.17) is 11.6 Å². The van der Waals surface area contributed by atoms with Crippen LogP contribution in [0.2, 0.25) is 5.02 Å². The molecule has 172 valence electrons. The number of amides is 2. The lowest BCUT2D eigenvalue weighted by molar-refractivity contribution is -0.118. The van der Waals surface area contributed by atoms with Crippen molar-refractivity contribution in [3.05, 3.63) is 52.4 Å². The minimum Gasteiger partial charge on any atom is -0.336 e. The van der Waals surface area contributed by atoms with Crippen LogP contribution >= 0.6 is 11.6 Å². The molecule has 2 aliphatic rings. The number of hydrogen-bond donors (Lipinski definition) is 1. The average Bonchev–Trinajstić information content (AvgIpc) is 3.45. The molecule has 0 bridgehead atoms. The summed E-state index contributed by atoms with van der Waals surface area (Å²) in [5, 5.41) is 12.3. The number of aryl methyl sites for hydroxylation is 2. The van der Waals surface area contributed by atoms with Crippen molar-refractivity contribution in [1.29, 1.82) is 0 Å².